The summed E-state index contributed by atoms with van der Waals surface area (Å²) in [6.07, 6.45) is 0.775. The Morgan fingerprint density at radius 2 is 1.63 bits per heavy atom. The van der Waals surface area contributed by atoms with Crippen molar-refractivity contribution in [3.05, 3.63) is 77.9 Å². The number of likely N-dealkylation sites (N-methyl/N-ethyl adjacent to an activating group) is 1. The van der Waals surface area contributed by atoms with Crippen LogP contribution in [0.2, 0.25) is 0 Å². The van der Waals surface area contributed by atoms with Gasteiger partial charge in [0.15, 0.2) is 0 Å². The van der Waals surface area contributed by atoms with Crippen molar-refractivity contribution in [2.75, 3.05) is 20.1 Å². The van der Waals surface area contributed by atoms with Gasteiger partial charge in [0.1, 0.15) is 6.04 Å². The molecule has 0 aromatic heterocycles. The molecule has 0 heterocycles. The summed E-state index contributed by atoms with van der Waals surface area (Å²) in [5.41, 5.74) is 1.89. The number of fused-ring (bicyclic) bond motifs is 1. The highest BCUT2D eigenvalue weighted by Gasteiger charge is 2.30. The fourth-order valence-corrected chi connectivity index (χ4v) is 4.98. The van der Waals surface area contributed by atoms with Crippen LogP contribution < -0.4 is 5.32 Å². The van der Waals surface area contributed by atoms with Crippen molar-refractivity contribution in [1.82, 2.24) is 14.5 Å². The molecular formula is C27H33N3O4S. The number of nitrogens with one attached hydrogen (secondary N) is 1. The van der Waals surface area contributed by atoms with Gasteiger partial charge in [0.2, 0.25) is 21.8 Å². The summed E-state index contributed by atoms with van der Waals surface area (Å²) in [6.45, 7) is 5.89. The first-order chi connectivity index (χ1) is 16.6. The maximum atomic E-state index is 13.4. The molecule has 7 nitrogen and oxygen atoms in total. The van der Waals surface area contributed by atoms with Gasteiger partial charge in [0.05, 0.1) is 11.4 Å². The minimum atomic E-state index is -3.91. The Hall–Kier alpha value is -3.23. The number of amides is 2. The fourth-order valence-electron chi connectivity index (χ4n) is 3.82. The summed E-state index contributed by atoms with van der Waals surface area (Å²) in [5.74, 6) is -0.715. The summed E-state index contributed by atoms with van der Waals surface area (Å²) < 4.78 is 27.6. The molecule has 2 amide bonds. The highest BCUT2D eigenvalue weighted by Crippen LogP contribution is 2.22. The number of carbonyl (C=O) groups excluding carboxylic acids is 2. The third-order valence-electron chi connectivity index (χ3n) is 6.11. The molecule has 186 valence electrons. The Labute approximate surface area is 207 Å². The predicted octanol–water partition coefficient (Wildman–Crippen LogP) is 3.71. The van der Waals surface area contributed by atoms with Crippen LogP contribution in [0, 0.1) is 6.92 Å². The zero-order valence-electron chi connectivity index (χ0n) is 20.7. The lowest BCUT2D eigenvalue weighted by Gasteiger charge is -2.30. The minimum absolute atomic E-state index is 0.116. The number of aryl methyl sites for hydroxylation is 1. The average molecular weight is 496 g/mol. The average Bonchev–Trinajstić information content (AvgIpc) is 2.85. The number of sulfonamides is 1. The van der Waals surface area contributed by atoms with Gasteiger partial charge in [0.25, 0.3) is 0 Å². The molecule has 1 unspecified atom stereocenters. The Morgan fingerprint density at radius 3 is 2.31 bits per heavy atom. The second kappa shape index (κ2) is 11.5. The van der Waals surface area contributed by atoms with E-state index in [1.54, 1.807) is 25.1 Å². The quantitative estimate of drug-likeness (QED) is 0.465. The van der Waals surface area contributed by atoms with Crippen molar-refractivity contribution in [3.63, 3.8) is 0 Å². The SMILES string of the molecule is CCCNC(=O)C(C)N(Cc1ccccc1C)C(=O)CN(C)S(=O)(=O)c1ccc2ccccc2c1. The third kappa shape index (κ3) is 6.26. The van der Waals surface area contributed by atoms with Crippen LogP contribution in [-0.2, 0) is 26.2 Å². The molecule has 0 aliphatic rings. The predicted molar refractivity (Wildman–Crippen MR) is 138 cm³/mol. The van der Waals surface area contributed by atoms with Gasteiger partial charge < -0.3 is 10.2 Å². The third-order valence-corrected chi connectivity index (χ3v) is 7.90. The van der Waals surface area contributed by atoms with E-state index in [0.717, 1.165) is 32.6 Å². The van der Waals surface area contributed by atoms with E-state index in [1.165, 1.54) is 11.9 Å². The molecule has 1 N–H and O–H groups in total. The highest BCUT2D eigenvalue weighted by molar-refractivity contribution is 7.89. The number of nitrogens with zero attached hydrogens (tertiary/aromatic N) is 2. The Bertz CT molecular complexity index is 1310. The first-order valence-electron chi connectivity index (χ1n) is 11.7. The van der Waals surface area contributed by atoms with Crippen LogP contribution >= 0.6 is 0 Å². The van der Waals surface area contributed by atoms with Crippen molar-refractivity contribution in [3.8, 4) is 0 Å². The molecule has 8 heteroatoms. The van der Waals surface area contributed by atoms with Crippen LogP contribution in [0.4, 0.5) is 0 Å². The zero-order valence-corrected chi connectivity index (χ0v) is 21.5. The van der Waals surface area contributed by atoms with Gasteiger partial charge >= 0.3 is 0 Å². The lowest BCUT2D eigenvalue weighted by molar-refractivity contribution is -0.140. The highest BCUT2D eigenvalue weighted by atomic mass is 32.2. The topological polar surface area (TPSA) is 86.8 Å². The molecule has 0 fully saturated rings. The molecule has 3 rings (SSSR count). The molecular weight excluding hydrogens is 462 g/mol. The van der Waals surface area contributed by atoms with Gasteiger partial charge in [0, 0.05) is 20.1 Å². The summed E-state index contributed by atoms with van der Waals surface area (Å²) in [7, 11) is -2.53. The van der Waals surface area contributed by atoms with E-state index in [-0.39, 0.29) is 23.9 Å². The molecule has 0 bridgehead atoms. The van der Waals surface area contributed by atoms with E-state index in [4.69, 9.17) is 0 Å². The number of rotatable bonds is 10. The first-order valence-corrected chi connectivity index (χ1v) is 13.2. The van der Waals surface area contributed by atoms with Gasteiger partial charge in [-0.3, -0.25) is 9.59 Å². The molecule has 0 radical (unpaired) electrons. The fraction of sp³-hybridized carbons (Fsp3) is 0.333. The molecule has 3 aromatic carbocycles. The lowest BCUT2D eigenvalue weighted by atomic mass is 10.1. The van der Waals surface area contributed by atoms with Gasteiger partial charge in [-0.05, 0) is 54.3 Å². The van der Waals surface area contributed by atoms with Gasteiger partial charge in [-0.25, -0.2) is 8.42 Å². The summed E-state index contributed by atoms with van der Waals surface area (Å²) in [6, 6.07) is 19.3. The van der Waals surface area contributed by atoms with Crippen LogP contribution in [0.5, 0.6) is 0 Å². The van der Waals surface area contributed by atoms with E-state index in [1.807, 2.05) is 62.4 Å². The van der Waals surface area contributed by atoms with Crippen molar-refractivity contribution in [1.29, 1.82) is 0 Å². The molecule has 0 aliphatic carbocycles. The normalized spacial score (nSPS) is 12.5. The number of carbonyl (C=O) groups is 2. The van der Waals surface area contributed by atoms with E-state index in [0.29, 0.717) is 6.54 Å². The van der Waals surface area contributed by atoms with E-state index in [2.05, 4.69) is 5.32 Å². The second-order valence-corrected chi connectivity index (χ2v) is 10.7. The molecule has 1 atom stereocenters. The lowest BCUT2D eigenvalue weighted by Crippen LogP contribution is -2.50. The van der Waals surface area contributed by atoms with Crippen molar-refractivity contribution < 1.29 is 18.0 Å². The monoisotopic (exact) mass is 495 g/mol. The Morgan fingerprint density at radius 1 is 0.971 bits per heavy atom. The molecule has 3 aromatic rings. The van der Waals surface area contributed by atoms with Crippen molar-refractivity contribution in [2.24, 2.45) is 0 Å². The largest absolute Gasteiger partial charge is 0.354 e. The summed E-state index contributed by atoms with van der Waals surface area (Å²) in [5, 5.41) is 4.56. The van der Waals surface area contributed by atoms with Gasteiger partial charge in [-0.2, -0.15) is 4.31 Å². The Balaban J connectivity index is 1.85. The van der Waals surface area contributed by atoms with E-state index >= 15 is 0 Å². The van der Waals surface area contributed by atoms with E-state index < -0.39 is 22.0 Å². The van der Waals surface area contributed by atoms with Crippen molar-refractivity contribution >= 4 is 32.6 Å². The first kappa shape index (κ1) is 26.4. The van der Waals surface area contributed by atoms with E-state index in [9.17, 15) is 18.0 Å². The number of hydrogen-bond acceptors (Lipinski definition) is 4. The molecule has 35 heavy (non-hydrogen) atoms. The van der Waals surface area contributed by atoms with Gasteiger partial charge in [-0.1, -0.05) is 61.5 Å². The van der Waals surface area contributed by atoms with Crippen LogP contribution in [-0.4, -0.2) is 55.6 Å². The van der Waals surface area contributed by atoms with Crippen LogP contribution in [0.25, 0.3) is 10.8 Å². The van der Waals surface area contributed by atoms with Crippen LogP contribution in [0.15, 0.2) is 71.6 Å². The zero-order chi connectivity index (χ0) is 25.6. The summed E-state index contributed by atoms with van der Waals surface area (Å²) in [4.78, 5) is 27.7. The smallest absolute Gasteiger partial charge is 0.243 e. The van der Waals surface area contributed by atoms with Crippen LogP contribution in [0.1, 0.15) is 31.4 Å². The number of benzene rings is 3. The second-order valence-electron chi connectivity index (χ2n) is 8.69. The standard InChI is InChI=1S/C27H33N3O4S/c1-5-16-28-27(32)21(3)30(18-24-13-7-6-10-20(24)2)26(31)19-29(4)35(33,34)25-15-14-22-11-8-9-12-23(22)17-25/h6-15,17,21H,5,16,18-19H2,1-4H3,(H,28,32). The maximum Gasteiger partial charge on any atom is 0.243 e. The summed E-state index contributed by atoms with van der Waals surface area (Å²) >= 11 is 0. The molecule has 0 aliphatic heterocycles. The van der Waals surface area contributed by atoms with Crippen molar-refractivity contribution in [2.45, 2.75) is 44.7 Å². The maximum absolute atomic E-state index is 13.4. The van der Waals surface area contributed by atoms with Crippen LogP contribution in [0.3, 0.4) is 0 Å². The number of hydrogen-bond donors (Lipinski definition) is 1. The molecule has 0 saturated heterocycles. The molecule has 0 spiro atoms. The Kier molecular flexibility index (Phi) is 8.64. The minimum Gasteiger partial charge on any atom is -0.354 e. The van der Waals surface area contributed by atoms with Gasteiger partial charge in [-0.15, -0.1) is 0 Å². The molecule has 0 saturated carbocycles.